The first-order valence-corrected chi connectivity index (χ1v) is 8.07. The summed E-state index contributed by atoms with van der Waals surface area (Å²) < 4.78 is 0. The monoisotopic (exact) mass is 288 g/mol. The van der Waals surface area contributed by atoms with Gasteiger partial charge in [-0.2, -0.15) is 0 Å². The van der Waals surface area contributed by atoms with Crippen molar-refractivity contribution in [2.75, 3.05) is 23.3 Å². The number of aromatic nitrogens is 2. The van der Waals surface area contributed by atoms with Gasteiger partial charge in [0.1, 0.15) is 5.01 Å². The number of rotatable bonds is 5. The maximum absolute atomic E-state index is 4.13. The third kappa shape index (κ3) is 3.10. The Kier molecular flexibility index (Phi) is 4.16. The van der Waals surface area contributed by atoms with Crippen LogP contribution in [-0.2, 0) is 13.0 Å². The SMILES string of the molecule is CCc1nnc(NCc2ccc(N3CCCC3)cc2)s1. The largest absolute Gasteiger partial charge is 0.372 e. The van der Waals surface area contributed by atoms with E-state index in [1.807, 2.05) is 0 Å². The van der Waals surface area contributed by atoms with Gasteiger partial charge in [0, 0.05) is 25.3 Å². The molecule has 1 aromatic carbocycles. The number of anilines is 2. The Morgan fingerprint density at radius 3 is 2.55 bits per heavy atom. The summed E-state index contributed by atoms with van der Waals surface area (Å²) in [6, 6.07) is 8.84. The van der Waals surface area contributed by atoms with E-state index in [0.29, 0.717) is 0 Å². The van der Waals surface area contributed by atoms with Crippen molar-refractivity contribution >= 4 is 22.2 Å². The molecule has 106 valence electrons. The molecule has 2 aromatic rings. The summed E-state index contributed by atoms with van der Waals surface area (Å²) in [7, 11) is 0. The van der Waals surface area contributed by atoms with E-state index in [4.69, 9.17) is 0 Å². The highest BCUT2D eigenvalue weighted by Gasteiger charge is 2.11. The molecule has 1 aromatic heterocycles. The molecule has 0 saturated carbocycles. The molecule has 1 aliphatic heterocycles. The molecule has 0 bridgehead atoms. The van der Waals surface area contributed by atoms with Crippen LogP contribution in [0.4, 0.5) is 10.8 Å². The van der Waals surface area contributed by atoms with Gasteiger partial charge in [-0.15, -0.1) is 10.2 Å². The number of nitrogens with zero attached hydrogens (tertiary/aromatic N) is 3. The van der Waals surface area contributed by atoms with Crippen molar-refractivity contribution in [3.8, 4) is 0 Å². The second kappa shape index (κ2) is 6.22. The van der Waals surface area contributed by atoms with E-state index in [-0.39, 0.29) is 0 Å². The number of aryl methyl sites for hydroxylation is 1. The summed E-state index contributed by atoms with van der Waals surface area (Å²) in [6.45, 7) is 5.30. The summed E-state index contributed by atoms with van der Waals surface area (Å²) >= 11 is 1.63. The third-order valence-corrected chi connectivity index (χ3v) is 4.65. The van der Waals surface area contributed by atoms with Crippen LogP contribution in [0, 0.1) is 0 Å². The van der Waals surface area contributed by atoms with Gasteiger partial charge >= 0.3 is 0 Å². The van der Waals surface area contributed by atoms with Crippen LogP contribution in [0.1, 0.15) is 30.3 Å². The average molecular weight is 288 g/mol. The smallest absolute Gasteiger partial charge is 0.205 e. The fraction of sp³-hybridized carbons (Fsp3) is 0.467. The maximum atomic E-state index is 4.13. The molecule has 1 aliphatic rings. The van der Waals surface area contributed by atoms with Crippen molar-refractivity contribution in [1.29, 1.82) is 0 Å². The lowest BCUT2D eigenvalue weighted by molar-refractivity contribution is 0.949. The summed E-state index contributed by atoms with van der Waals surface area (Å²) in [4.78, 5) is 2.45. The number of hydrogen-bond donors (Lipinski definition) is 1. The van der Waals surface area contributed by atoms with E-state index in [0.717, 1.165) is 23.1 Å². The highest BCUT2D eigenvalue weighted by molar-refractivity contribution is 7.15. The minimum atomic E-state index is 0.804. The van der Waals surface area contributed by atoms with Crippen LogP contribution in [-0.4, -0.2) is 23.3 Å². The minimum Gasteiger partial charge on any atom is -0.372 e. The Morgan fingerprint density at radius 1 is 1.15 bits per heavy atom. The summed E-state index contributed by atoms with van der Waals surface area (Å²) in [5.74, 6) is 0. The standard InChI is InChI=1S/C15H20N4S/c1-2-14-17-18-15(20-14)16-11-12-5-7-13(8-6-12)19-9-3-4-10-19/h5-8H,2-4,9-11H2,1H3,(H,16,18). The lowest BCUT2D eigenvalue weighted by atomic mass is 10.2. The molecule has 0 amide bonds. The van der Waals surface area contributed by atoms with Crippen LogP contribution >= 0.6 is 11.3 Å². The Bertz CT molecular complexity index is 543. The predicted octanol–water partition coefficient (Wildman–Crippen LogP) is 3.31. The van der Waals surface area contributed by atoms with E-state index in [9.17, 15) is 0 Å². The molecule has 1 fully saturated rings. The molecule has 1 saturated heterocycles. The molecule has 1 N–H and O–H groups in total. The van der Waals surface area contributed by atoms with Gasteiger partial charge in [-0.05, 0) is 37.0 Å². The molecular weight excluding hydrogens is 268 g/mol. The van der Waals surface area contributed by atoms with E-state index in [2.05, 4.69) is 51.6 Å². The average Bonchev–Trinajstić information content (AvgIpc) is 3.17. The quantitative estimate of drug-likeness (QED) is 0.916. The highest BCUT2D eigenvalue weighted by Crippen LogP contribution is 2.21. The zero-order valence-corrected chi connectivity index (χ0v) is 12.6. The van der Waals surface area contributed by atoms with Crippen molar-refractivity contribution in [2.24, 2.45) is 0 Å². The Balaban J connectivity index is 1.57. The van der Waals surface area contributed by atoms with Crippen LogP contribution in [0.15, 0.2) is 24.3 Å². The van der Waals surface area contributed by atoms with Gasteiger partial charge in [-0.1, -0.05) is 30.4 Å². The Labute approximate surface area is 123 Å². The van der Waals surface area contributed by atoms with Crippen LogP contribution in [0.25, 0.3) is 0 Å². The van der Waals surface area contributed by atoms with E-state index in [1.165, 1.54) is 37.2 Å². The van der Waals surface area contributed by atoms with Crippen LogP contribution < -0.4 is 10.2 Å². The maximum Gasteiger partial charge on any atom is 0.205 e. The number of benzene rings is 1. The fourth-order valence-electron chi connectivity index (χ4n) is 2.45. The second-order valence-corrected chi connectivity index (χ2v) is 6.13. The van der Waals surface area contributed by atoms with Gasteiger partial charge in [0.2, 0.25) is 5.13 Å². The Hall–Kier alpha value is -1.62. The van der Waals surface area contributed by atoms with Gasteiger partial charge in [-0.3, -0.25) is 0 Å². The predicted molar refractivity (Wildman–Crippen MR) is 84.5 cm³/mol. The first kappa shape index (κ1) is 13.4. The minimum absolute atomic E-state index is 0.804. The van der Waals surface area contributed by atoms with Gasteiger partial charge in [0.25, 0.3) is 0 Å². The molecule has 20 heavy (non-hydrogen) atoms. The number of nitrogens with one attached hydrogen (secondary N) is 1. The lowest BCUT2D eigenvalue weighted by Gasteiger charge is -2.17. The lowest BCUT2D eigenvalue weighted by Crippen LogP contribution is -2.17. The normalized spacial score (nSPS) is 14.8. The second-order valence-electron chi connectivity index (χ2n) is 5.07. The van der Waals surface area contributed by atoms with E-state index in [1.54, 1.807) is 11.3 Å². The molecule has 3 rings (SSSR count). The van der Waals surface area contributed by atoms with Crippen molar-refractivity contribution in [2.45, 2.75) is 32.7 Å². The first-order chi connectivity index (χ1) is 9.85. The molecule has 0 spiro atoms. The van der Waals surface area contributed by atoms with Gasteiger partial charge in [0.15, 0.2) is 0 Å². The number of hydrogen-bond acceptors (Lipinski definition) is 5. The van der Waals surface area contributed by atoms with Crippen LogP contribution in [0.2, 0.25) is 0 Å². The molecule has 2 heterocycles. The van der Waals surface area contributed by atoms with Crippen LogP contribution in [0.3, 0.4) is 0 Å². The topological polar surface area (TPSA) is 41.1 Å². The van der Waals surface area contributed by atoms with Crippen molar-refractivity contribution in [3.05, 3.63) is 34.8 Å². The summed E-state index contributed by atoms with van der Waals surface area (Å²) in [5, 5.41) is 13.6. The third-order valence-electron chi connectivity index (χ3n) is 3.62. The van der Waals surface area contributed by atoms with Gasteiger partial charge in [0.05, 0.1) is 0 Å². The van der Waals surface area contributed by atoms with Gasteiger partial charge < -0.3 is 10.2 Å². The molecule has 4 nitrogen and oxygen atoms in total. The molecule has 0 radical (unpaired) electrons. The zero-order valence-electron chi connectivity index (χ0n) is 11.8. The molecule has 0 aliphatic carbocycles. The van der Waals surface area contributed by atoms with E-state index >= 15 is 0 Å². The molecule has 5 heteroatoms. The fourth-order valence-corrected chi connectivity index (χ4v) is 3.12. The van der Waals surface area contributed by atoms with E-state index < -0.39 is 0 Å². The Morgan fingerprint density at radius 2 is 1.90 bits per heavy atom. The van der Waals surface area contributed by atoms with Gasteiger partial charge in [-0.25, -0.2) is 0 Å². The van der Waals surface area contributed by atoms with Crippen molar-refractivity contribution < 1.29 is 0 Å². The van der Waals surface area contributed by atoms with Crippen LogP contribution in [0.5, 0.6) is 0 Å². The van der Waals surface area contributed by atoms with Crippen molar-refractivity contribution in [1.82, 2.24) is 10.2 Å². The molecule has 0 unspecified atom stereocenters. The van der Waals surface area contributed by atoms with Crippen molar-refractivity contribution in [3.63, 3.8) is 0 Å². The zero-order chi connectivity index (χ0) is 13.8. The first-order valence-electron chi connectivity index (χ1n) is 7.25. The molecular formula is C15H20N4S. The highest BCUT2D eigenvalue weighted by atomic mass is 32.1. The molecule has 0 atom stereocenters. The summed E-state index contributed by atoms with van der Waals surface area (Å²) in [5.41, 5.74) is 2.62. The summed E-state index contributed by atoms with van der Waals surface area (Å²) in [6.07, 6.45) is 3.59.